The number of carbonyl (C=O) groups is 2. The first-order chi connectivity index (χ1) is 13.1. The third-order valence-corrected chi connectivity index (χ3v) is 5.15. The lowest BCUT2D eigenvalue weighted by atomic mass is 10.1. The summed E-state index contributed by atoms with van der Waals surface area (Å²) in [6, 6.07) is 9.30. The van der Waals surface area contributed by atoms with Crippen LogP contribution in [0, 0.1) is 18.7 Å². The summed E-state index contributed by atoms with van der Waals surface area (Å²) >= 11 is 0. The summed E-state index contributed by atoms with van der Waals surface area (Å²) < 4.78 is 41.0. The fourth-order valence-electron chi connectivity index (χ4n) is 2.38. The Morgan fingerprint density at radius 3 is 2.39 bits per heavy atom. The summed E-state index contributed by atoms with van der Waals surface area (Å²) in [5.74, 6) is -1.61. The minimum absolute atomic E-state index is 0.0706. The van der Waals surface area contributed by atoms with Crippen molar-refractivity contribution in [3.8, 4) is 0 Å². The first-order valence-electron chi connectivity index (χ1n) is 8.57. The molecule has 0 fully saturated rings. The number of hydrogen-bond donors (Lipinski definition) is 3. The number of benzene rings is 2. The van der Waals surface area contributed by atoms with Crippen LogP contribution in [0.15, 0.2) is 47.4 Å². The van der Waals surface area contributed by atoms with Gasteiger partial charge in [0.2, 0.25) is 5.91 Å². The van der Waals surface area contributed by atoms with E-state index in [0.717, 1.165) is 6.07 Å². The van der Waals surface area contributed by atoms with E-state index >= 15 is 0 Å². The summed E-state index contributed by atoms with van der Waals surface area (Å²) in [7, 11) is -4.11. The highest BCUT2D eigenvalue weighted by Crippen LogP contribution is 2.21. The van der Waals surface area contributed by atoms with Gasteiger partial charge in [-0.25, -0.2) is 12.8 Å². The second-order valence-electron chi connectivity index (χ2n) is 6.66. The highest BCUT2D eigenvalue weighted by atomic mass is 32.2. The van der Waals surface area contributed by atoms with E-state index in [1.54, 1.807) is 6.92 Å². The number of rotatable bonds is 6. The number of amides is 2. The molecule has 0 heterocycles. The predicted molar refractivity (Wildman–Crippen MR) is 103 cm³/mol. The third kappa shape index (κ3) is 5.53. The van der Waals surface area contributed by atoms with E-state index in [1.165, 1.54) is 36.4 Å². The van der Waals surface area contributed by atoms with Crippen molar-refractivity contribution < 1.29 is 22.4 Å². The number of anilines is 1. The smallest absolute Gasteiger partial charge is 0.269 e. The molecular weight excluding hydrogens is 385 g/mol. The van der Waals surface area contributed by atoms with Crippen LogP contribution in [0.5, 0.6) is 0 Å². The zero-order valence-corrected chi connectivity index (χ0v) is 16.6. The van der Waals surface area contributed by atoms with Crippen LogP contribution < -0.4 is 15.6 Å². The van der Waals surface area contributed by atoms with Gasteiger partial charge in [-0.2, -0.15) is 0 Å². The SMILES string of the molecule is Cc1ccc(S(=O)(=O)Nc2ccccc2F)cc1C(=O)NNC(=O)CC(C)C. The summed E-state index contributed by atoms with van der Waals surface area (Å²) in [6.07, 6.45) is 0.236. The molecule has 0 spiro atoms. The molecule has 2 aromatic carbocycles. The molecule has 7 nitrogen and oxygen atoms in total. The van der Waals surface area contributed by atoms with Gasteiger partial charge in [0.25, 0.3) is 15.9 Å². The van der Waals surface area contributed by atoms with Crippen LogP contribution in [0.2, 0.25) is 0 Å². The molecule has 0 saturated carbocycles. The molecule has 0 aliphatic heterocycles. The Morgan fingerprint density at radius 1 is 1.07 bits per heavy atom. The van der Waals surface area contributed by atoms with Gasteiger partial charge < -0.3 is 0 Å². The van der Waals surface area contributed by atoms with Crippen molar-refractivity contribution in [3.05, 3.63) is 59.4 Å². The molecule has 2 amide bonds. The second-order valence-corrected chi connectivity index (χ2v) is 8.34. The maximum absolute atomic E-state index is 13.7. The van der Waals surface area contributed by atoms with Crippen LogP contribution in [0.1, 0.15) is 36.2 Å². The van der Waals surface area contributed by atoms with Gasteiger partial charge in [-0.15, -0.1) is 0 Å². The predicted octanol–water partition coefficient (Wildman–Crippen LogP) is 2.74. The maximum Gasteiger partial charge on any atom is 0.269 e. The Kier molecular flexibility index (Phi) is 6.74. The van der Waals surface area contributed by atoms with Crippen LogP contribution in [0.3, 0.4) is 0 Å². The molecule has 28 heavy (non-hydrogen) atoms. The zero-order valence-electron chi connectivity index (χ0n) is 15.7. The molecule has 9 heteroatoms. The monoisotopic (exact) mass is 407 g/mol. The van der Waals surface area contributed by atoms with Crippen LogP contribution in [0.4, 0.5) is 10.1 Å². The molecule has 150 valence electrons. The molecule has 0 aromatic heterocycles. The Labute approximate surface area is 163 Å². The van der Waals surface area contributed by atoms with Crippen molar-refractivity contribution in [1.82, 2.24) is 10.9 Å². The summed E-state index contributed by atoms with van der Waals surface area (Å²) in [5, 5.41) is 0. The topological polar surface area (TPSA) is 104 Å². The van der Waals surface area contributed by atoms with E-state index in [9.17, 15) is 22.4 Å². The zero-order chi connectivity index (χ0) is 20.9. The summed E-state index contributed by atoms with van der Waals surface area (Å²) in [6.45, 7) is 5.36. The van der Waals surface area contributed by atoms with Crippen molar-refractivity contribution in [2.24, 2.45) is 5.92 Å². The lowest BCUT2D eigenvalue weighted by Gasteiger charge is -2.13. The van der Waals surface area contributed by atoms with Gasteiger partial charge >= 0.3 is 0 Å². The number of hydrazine groups is 1. The molecule has 2 aromatic rings. The van der Waals surface area contributed by atoms with Gasteiger partial charge in [-0.3, -0.25) is 25.2 Å². The van der Waals surface area contributed by atoms with Gasteiger partial charge in [-0.05, 0) is 42.7 Å². The molecular formula is C19H22FN3O4S. The lowest BCUT2D eigenvalue weighted by molar-refractivity contribution is -0.122. The molecule has 3 N–H and O–H groups in total. The second kappa shape index (κ2) is 8.83. The van der Waals surface area contributed by atoms with Crippen LogP contribution in [-0.2, 0) is 14.8 Å². The van der Waals surface area contributed by atoms with E-state index in [-0.39, 0.29) is 34.4 Å². The summed E-state index contributed by atoms with van der Waals surface area (Å²) in [4.78, 5) is 23.8. The van der Waals surface area contributed by atoms with Crippen molar-refractivity contribution in [1.29, 1.82) is 0 Å². The van der Waals surface area contributed by atoms with E-state index in [4.69, 9.17) is 0 Å². The number of nitrogens with one attached hydrogen (secondary N) is 3. The fraction of sp³-hybridized carbons (Fsp3) is 0.263. The van der Waals surface area contributed by atoms with Crippen LogP contribution in [0.25, 0.3) is 0 Å². The van der Waals surface area contributed by atoms with Crippen LogP contribution >= 0.6 is 0 Å². The first kappa shape index (κ1) is 21.4. The molecule has 0 bridgehead atoms. The van der Waals surface area contributed by atoms with Crippen molar-refractivity contribution in [3.63, 3.8) is 0 Å². The third-order valence-electron chi connectivity index (χ3n) is 3.79. The average molecular weight is 407 g/mol. The lowest BCUT2D eigenvalue weighted by Crippen LogP contribution is -2.42. The molecule has 0 saturated heterocycles. The largest absolute Gasteiger partial charge is 0.277 e. The molecule has 0 unspecified atom stereocenters. The Bertz CT molecular complexity index is 990. The van der Waals surface area contributed by atoms with E-state index in [2.05, 4.69) is 15.6 Å². The Balaban J connectivity index is 2.21. The molecule has 0 radical (unpaired) electrons. The number of aryl methyl sites for hydroxylation is 1. The average Bonchev–Trinajstić information content (AvgIpc) is 2.61. The minimum atomic E-state index is -4.11. The van der Waals surface area contributed by atoms with Gasteiger partial charge in [0.1, 0.15) is 5.82 Å². The minimum Gasteiger partial charge on any atom is -0.277 e. The van der Waals surface area contributed by atoms with Crippen molar-refractivity contribution in [2.45, 2.75) is 32.1 Å². The highest BCUT2D eigenvalue weighted by Gasteiger charge is 2.20. The molecule has 2 rings (SSSR count). The van der Waals surface area contributed by atoms with Crippen molar-refractivity contribution in [2.75, 3.05) is 4.72 Å². The number of para-hydroxylation sites is 1. The van der Waals surface area contributed by atoms with Crippen LogP contribution in [-0.4, -0.2) is 20.2 Å². The summed E-state index contributed by atoms with van der Waals surface area (Å²) in [5.41, 5.74) is 4.95. The van der Waals surface area contributed by atoms with E-state index in [1.807, 2.05) is 13.8 Å². The van der Waals surface area contributed by atoms with E-state index < -0.39 is 21.7 Å². The van der Waals surface area contributed by atoms with Gasteiger partial charge in [0, 0.05) is 12.0 Å². The van der Waals surface area contributed by atoms with Gasteiger partial charge in [-0.1, -0.05) is 32.0 Å². The Morgan fingerprint density at radius 2 is 1.75 bits per heavy atom. The number of hydrogen-bond acceptors (Lipinski definition) is 4. The quantitative estimate of drug-likeness (QED) is 0.641. The standard InChI is InChI=1S/C19H22FN3O4S/c1-12(2)10-18(24)21-22-19(25)15-11-14(9-8-13(15)3)28(26,27)23-17-7-5-4-6-16(17)20/h4-9,11-12,23H,10H2,1-3H3,(H,21,24)(H,22,25). The van der Waals surface area contributed by atoms with E-state index in [0.29, 0.717) is 5.56 Å². The van der Waals surface area contributed by atoms with Gasteiger partial charge in [0.05, 0.1) is 10.6 Å². The molecule has 0 atom stereocenters. The number of carbonyl (C=O) groups excluding carboxylic acids is 2. The highest BCUT2D eigenvalue weighted by molar-refractivity contribution is 7.92. The molecule has 0 aliphatic rings. The number of halogens is 1. The Hall–Kier alpha value is -2.94. The number of sulfonamides is 1. The molecule has 0 aliphatic carbocycles. The fourth-order valence-corrected chi connectivity index (χ4v) is 3.47. The van der Waals surface area contributed by atoms with Gasteiger partial charge in [0.15, 0.2) is 0 Å². The first-order valence-corrected chi connectivity index (χ1v) is 10.1. The maximum atomic E-state index is 13.7. The van der Waals surface area contributed by atoms with Crippen molar-refractivity contribution >= 4 is 27.5 Å². The normalized spacial score (nSPS) is 11.2.